The fraction of sp³-hybridized carbons (Fsp3) is 0.185. The summed E-state index contributed by atoms with van der Waals surface area (Å²) >= 11 is 1.97. The quantitative estimate of drug-likeness (QED) is 0.191. The van der Waals surface area contributed by atoms with Gasteiger partial charge in [0.2, 0.25) is 17.7 Å². The number of carbonyl (C=O) groups excluding carboxylic acids is 3. The average Bonchev–Trinajstić information content (AvgIpc) is 3.66. The number of fused-ring (bicyclic) bond motifs is 2. The molecule has 41 heavy (non-hydrogen) atoms. The van der Waals surface area contributed by atoms with Gasteiger partial charge in [-0.25, -0.2) is 4.90 Å². The Morgan fingerprint density at radius 1 is 1.07 bits per heavy atom. The zero-order chi connectivity index (χ0) is 28.8. The van der Waals surface area contributed by atoms with Gasteiger partial charge in [-0.3, -0.25) is 33.9 Å². The van der Waals surface area contributed by atoms with Crippen LogP contribution in [0.2, 0.25) is 0 Å². The zero-order valence-electron chi connectivity index (χ0n) is 21.2. The standard InChI is InChI=1S/C27H20N4O8S2/c1-38-17-10-4-14(5-11-17)28-19(32)13-29-26-23(41-27(29)35)20(18-3-2-12-39-18)21-22(40-26)25(34)30(24(21)33)15-6-8-16(9-7-15)31(36)37/h2-12,20-22H,13H2,1H3,(H,28,32)/t20-,21?,22?/m1/s1. The summed E-state index contributed by atoms with van der Waals surface area (Å²) in [5, 5.41) is 13.3. The Morgan fingerprint density at radius 3 is 2.44 bits per heavy atom. The van der Waals surface area contributed by atoms with Gasteiger partial charge in [0, 0.05) is 17.8 Å². The summed E-state index contributed by atoms with van der Waals surface area (Å²) in [4.78, 5) is 65.2. The van der Waals surface area contributed by atoms with E-state index in [2.05, 4.69) is 5.32 Å². The Balaban J connectivity index is 1.34. The van der Waals surface area contributed by atoms with Crippen molar-refractivity contribution in [3.8, 4) is 5.75 Å². The maximum Gasteiger partial charge on any atom is 0.308 e. The first-order valence-corrected chi connectivity index (χ1v) is 14.0. The molecule has 0 spiro atoms. The van der Waals surface area contributed by atoms with Gasteiger partial charge in [-0.15, -0.1) is 0 Å². The van der Waals surface area contributed by atoms with Crippen molar-refractivity contribution in [1.29, 1.82) is 0 Å². The topological polar surface area (TPSA) is 154 Å². The molecule has 2 aliphatic heterocycles. The molecule has 2 aromatic heterocycles. The highest BCUT2D eigenvalue weighted by molar-refractivity contribution is 8.00. The Kier molecular flexibility index (Phi) is 6.71. The van der Waals surface area contributed by atoms with Crippen molar-refractivity contribution in [3.63, 3.8) is 0 Å². The average molecular weight is 593 g/mol. The summed E-state index contributed by atoms with van der Waals surface area (Å²) < 4.78 is 12.1. The molecule has 208 valence electrons. The third-order valence-corrected chi connectivity index (χ3v) is 9.50. The normalized spacial score (nSPS) is 19.5. The fourth-order valence-electron chi connectivity index (χ4n) is 5.03. The number of methoxy groups -OCH3 is 1. The van der Waals surface area contributed by atoms with Crippen molar-refractivity contribution >= 4 is 57.9 Å². The van der Waals surface area contributed by atoms with Gasteiger partial charge in [-0.2, -0.15) is 0 Å². The number of ether oxygens (including phenoxy) is 1. The monoisotopic (exact) mass is 592 g/mol. The number of non-ortho nitro benzene ring substituents is 1. The maximum absolute atomic E-state index is 13.8. The van der Waals surface area contributed by atoms with Gasteiger partial charge < -0.3 is 14.5 Å². The number of imide groups is 1. The number of amides is 3. The number of rotatable bonds is 7. The minimum absolute atomic E-state index is 0.174. The van der Waals surface area contributed by atoms with E-state index in [9.17, 15) is 29.3 Å². The molecule has 1 saturated heterocycles. The van der Waals surface area contributed by atoms with Crippen LogP contribution in [-0.4, -0.2) is 39.6 Å². The van der Waals surface area contributed by atoms with E-state index in [0.717, 1.165) is 28.0 Å². The predicted octanol–water partition coefficient (Wildman–Crippen LogP) is 3.85. The number of nitro groups is 1. The van der Waals surface area contributed by atoms with Crippen LogP contribution in [0.3, 0.4) is 0 Å². The van der Waals surface area contributed by atoms with Crippen LogP contribution in [0.25, 0.3) is 0 Å². The lowest BCUT2D eigenvalue weighted by molar-refractivity contribution is -0.384. The molecule has 12 nitrogen and oxygen atoms in total. The first-order valence-electron chi connectivity index (χ1n) is 12.3. The number of furan rings is 1. The molecule has 1 fully saturated rings. The van der Waals surface area contributed by atoms with E-state index >= 15 is 0 Å². The predicted molar refractivity (Wildman–Crippen MR) is 149 cm³/mol. The van der Waals surface area contributed by atoms with Gasteiger partial charge in [0.05, 0.1) is 45.7 Å². The maximum atomic E-state index is 13.8. The van der Waals surface area contributed by atoms with Crippen LogP contribution in [0, 0.1) is 16.0 Å². The van der Waals surface area contributed by atoms with Crippen LogP contribution in [0.15, 0.2) is 81.2 Å². The molecular weight excluding hydrogens is 572 g/mol. The van der Waals surface area contributed by atoms with Gasteiger partial charge in [0.15, 0.2) is 0 Å². The Labute approximate surface area is 239 Å². The number of nitrogens with one attached hydrogen (secondary N) is 1. The third kappa shape index (κ3) is 4.60. The van der Waals surface area contributed by atoms with Crippen LogP contribution in [0.5, 0.6) is 5.75 Å². The molecule has 0 aliphatic carbocycles. The highest BCUT2D eigenvalue weighted by Crippen LogP contribution is 2.54. The largest absolute Gasteiger partial charge is 0.497 e. The van der Waals surface area contributed by atoms with E-state index < -0.39 is 44.6 Å². The number of anilines is 2. The highest BCUT2D eigenvalue weighted by atomic mass is 32.2. The number of thiazole rings is 1. The van der Waals surface area contributed by atoms with Gasteiger partial charge in [0.25, 0.3) is 5.69 Å². The Hall–Kier alpha value is -4.69. The molecule has 3 atom stereocenters. The first kappa shape index (κ1) is 26.5. The molecule has 2 aromatic carbocycles. The number of nitrogens with zero attached hydrogens (tertiary/aromatic N) is 3. The number of benzene rings is 2. The Morgan fingerprint density at radius 2 is 1.80 bits per heavy atom. The lowest BCUT2D eigenvalue weighted by atomic mass is 9.87. The molecule has 2 aliphatic rings. The number of aromatic nitrogens is 1. The number of carbonyl (C=O) groups is 3. The highest BCUT2D eigenvalue weighted by Gasteiger charge is 2.57. The van der Waals surface area contributed by atoms with Gasteiger partial charge in [-0.05, 0) is 48.5 Å². The number of thioether (sulfide) groups is 1. The van der Waals surface area contributed by atoms with E-state index in [1.165, 1.54) is 42.2 Å². The van der Waals surface area contributed by atoms with Crippen molar-refractivity contribution in [1.82, 2.24) is 4.57 Å². The minimum atomic E-state index is -0.912. The number of hydrogen-bond acceptors (Lipinski definition) is 10. The molecule has 0 radical (unpaired) electrons. The second kappa shape index (κ2) is 10.4. The minimum Gasteiger partial charge on any atom is -0.497 e. The molecule has 1 N–H and O–H groups in total. The SMILES string of the molecule is COc1ccc(NC(=O)Cn2c3c(sc2=O)[C@H](c2ccco2)C2C(=O)N(c4ccc([N+](=O)[O-])cc4)C(=O)C2S3)cc1. The first-order chi connectivity index (χ1) is 19.8. The molecule has 0 bridgehead atoms. The second-order valence-corrected chi connectivity index (χ2v) is 11.4. The van der Waals surface area contributed by atoms with E-state index in [0.29, 0.717) is 27.1 Å². The zero-order valence-corrected chi connectivity index (χ0v) is 22.8. The summed E-state index contributed by atoms with van der Waals surface area (Å²) in [7, 11) is 1.53. The van der Waals surface area contributed by atoms with E-state index in [1.54, 1.807) is 36.4 Å². The summed E-state index contributed by atoms with van der Waals surface area (Å²) in [5.74, 6) is -2.07. The van der Waals surface area contributed by atoms with Crippen molar-refractivity contribution < 1.29 is 28.5 Å². The molecule has 6 rings (SSSR count). The van der Waals surface area contributed by atoms with Crippen LogP contribution in [-0.2, 0) is 20.9 Å². The summed E-state index contributed by atoms with van der Waals surface area (Å²) in [6.07, 6.45) is 1.45. The van der Waals surface area contributed by atoms with Crippen LogP contribution < -0.4 is 19.8 Å². The van der Waals surface area contributed by atoms with Crippen molar-refractivity contribution in [2.24, 2.45) is 5.92 Å². The lowest BCUT2D eigenvalue weighted by Gasteiger charge is -2.29. The summed E-state index contributed by atoms with van der Waals surface area (Å²) in [6.45, 7) is -0.305. The van der Waals surface area contributed by atoms with Crippen LogP contribution >= 0.6 is 23.1 Å². The molecule has 4 aromatic rings. The third-order valence-electron chi connectivity index (χ3n) is 6.89. The smallest absolute Gasteiger partial charge is 0.308 e. The van der Waals surface area contributed by atoms with Gasteiger partial charge in [-0.1, -0.05) is 23.1 Å². The van der Waals surface area contributed by atoms with Crippen molar-refractivity contribution in [2.75, 3.05) is 17.3 Å². The number of nitro benzene ring substituents is 1. The Bertz CT molecular complexity index is 1730. The van der Waals surface area contributed by atoms with Gasteiger partial charge >= 0.3 is 4.87 Å². The molecule has 3 amide bonds. The molecule has 2 unspecified atom stereocenters. The van der Waals surface area contributed by atoms with Crippen molar-refractivity contribution in [3.05, 3.63) is 97.3 Å². The fourth-order valence-corrected chi connectivity index (χ4v) is 7.78. The summed E-state index contributed by atoms with van der Waals surface area (Å²) in [6, 6.07) is 15.2. The van der Waals surface area contributed by atoms with Crippen LogP contribution in [0.4, 0.5) is 17.1 Å². The van der Waals surface area contributed by atoms with Crippen LogP contribution in [0.1, 0.15) is 16.6 Å². The molecule has 4 heterocycles. The van der Waals surface area contributed by atoms with E-state index in [1.807, 2.05) is 0 Å². The van der Waals surface area contributed by atoms with E-state index in [-0.39, 0.29) is 17.9 Å². The van der Waals surface area contributed by atoms with E-state index in [4.69, 9.17) is 9.15 Å². The summed E-state index contributed by atoms with van der Waals surface area (Å²) in [5.41, 5.74) is 0.551. The lowest BCUT2D eigenvalue weighted by Crippen LogP contribution is -2.32. The van der Waals surface area contributed by atoms with Gasteiger partial charge in [0.1, 0.15) is 23.3 Å². The van der Waals surface area contributed by atoms with Crippen molar-refractivity contribution in [2.45, 2.75) is 22.7 Å². The second-order valence-electron chi connectivity index (χ2n) is 9.24. The molecular formula is C27H20N4O8S2. The molecule has 14 heteroatoms. The number of hydrogen-bond donors (Lipinski definition) is 1. The molecule has 0 saturated carbocycles.